The fourth-order valence-electron chi connectivity index (χ4n) is 6.69. The topological polar surface area (TPSA) is 88.9 Å². The maximum Gasteiger partial charge on any atom is 0.416 e. The lowest BCUT2D eigenvalue weighted by Crippen LogP contribution is -2.49. The summed E-state index contributed by atoms with van der Waals surface area (Å²) < 4.78 is 53.5. The Hall–Kier alpha value is -2.80. The molecular formula is C29H36F3N5O4. The highest BCUT2D eigenvalue weighted by Crippen LogP contribution is 2.35. The first kappa shape index (κ1) is 28.3. The van der Waals surface area contributed by atoms with Crippen LogP contribution in [0.1, 0.15) is 54.3 Å². The third kappa shape index (κ3) is 6.35. The Morgan fingerprint density at radius 3 is 2.88 bits per heavy atom. The number of halogens is 3. The van der Waals surface area contributed by atoms with E-state index in [-0.39, 0.29) is 49.5 Å². The van der Waals surface area contributed by atoms with E-state index in [1.807, 2.05) is 6.07 Å². The quantitative estimate of drug-likeness (QED) is 0.567. The van der Waals surface area contributed by atoms with Gasteiger partial charge in [-0.05, 0) is 49.8 Å². The van der Waals surface area contributed by atoms with Crippen LogP contribution in [-0.2, 0) is 40.0 Å². The van der Waals surface area contributed by atoms with Crippen LogP contribution in [0.4, 0.5) is 13.2 Å². The second kappa shape index (κ2) is 11.8. The summed E-state index contributed by atoms with van der Waals surface area (Å²) in [6.45, 7) is 3.61. The van der Waals surface area contributed by atoms with Gasteiger partial charge < -0.3 is 19.4 Å². The van der Waals surface area contributed by atoms with E-state index in [4.69, 9.17) is 9.47 Å². The molecule has 4 atom stereocenters. The third-order valence-electron chi connectivity index (χ3n) is 8.76. The molecule has 9 nitrogen and oxygen atoms in total. The van der Waals surface area contributed by atoms with E-state index >= 15 is 0 Å². The molecule has 2 aromatic rings. The molecule has 0 aromatic carbocycles. The molecule has 2 saturated heterocycles. The molecule has 0 saturated carbocycles. The molecule has 1 amide bonds. The van der Waals surface area contributed by atoms with Gasteiger partial charge in [-0.2, -0.15) is 13.2 Å². The minimum atomic E-state index is -4.60. The van der Waals surface area contributed by atoms with Gasteiger partial charge in [-0.15, -0.1) is 0 Å². The Morgan fingerprint density at radius 2 is 2.02 bits per heavy atom. The highest BCUT2D eigenvalue weighted by molar-refractivity contribution is 5.78. The zero-order chi connectivity index (χ0) is 28.6. The molecule has 3 aliphatic heterocycles. The van der Waals surface area contributed by atoms with Gasteiger partial charge in [0.25, 0.3) is 5.56 Å². The molecule has 0 bridgehead atoms. The molecule has 1 N–H and O–H groups in total. The molecule has 41 heavy (non-hydrogen) atoms. The van der Waals surface area contributed by atoms with Gasteiger partial charge in [-0.1, -0.05) is 6.07 Å². The van der Waals surface area contributed by atoms with Gasteiger partial charge >= 0.3 is 6.18 Å². The first-order chi connectivity index (χ1) is 19.7. The van der Waals surface area contributed by atoms with Gasteiger partial charge in [0.2, 0.25) is 5.91 Å². The van der Waals surface area contributed by atoms with Crippen LogP contribution in [0.5, 0.6) is 0 Å². The van der Waals surface area contributed by atoms with Crippen LogP contribution in [-0.4, -0.2) is 82.8 Å². The monoisotopic (exact) mass is 575 g/mol. The fraction of sp³-hybridized carbons (Fsp3) is 0.621. The van der Waals surface area contributed by atoms with Gasteiger partial charge in [0.15, 0.2) is 0 Å². The smallest absolute Gasteiger partial charge is 0.381 e. The number of pyridine rings is 2. The molecule has 0 spiro atoms. The summed E-state index contributed by atoms with van der Waals surface area (Å²) in [6, 6.07) is 5.80. The number of alkyl halides is 3. The van der Waals surface area contributed by atoms with Gasteiger partial charge in [-0.25, -0.2) is 0 Å². The zero-order valence-electron chi connectivity index (χ0n) is 22.9. The van der Waals surface area contributed by atoms with E-state index in [9.17, 15) is 22.8 Å². The second-order valence-corrected chi connectivity index (χ2v) is 11.5. The lowest BCUT2D eigenvalue weighted by molar-refractivity contribution is -0.138. The second-order valence-electron chi connectivity index (χ2n) is 11.5. The number of rotatable bonds is 6. The molecule has 4 aliphatic rings. The Bertz CT molecular complexity index is 1310. The minimum absolute atomic E-state index is 0.0265. The number of carbonyl (C=O) groups is 1. The molecule has 222 valence electrons. The molecule has 1 aliphatic carbocycles. The number of aryl methyl sites for hydroxylation is 1. The molecule has 5 heterocycles. The minimum Gasteiger partial charge on any atom is -0.381 e. The van der Waals surface area contributed by atoms with Crippen molar-refractivity contribution in [3.8, 4) is 0 Å². The number of hydrogen-bond donors (Lipinski definition) is 1. The van der Waals surface area contributed by atoms with E-state index in [1.54, 1.807) is 11.1 Å². The van der Waals surface area contributed by atoms with E-state index in [0.29, 0.717) is 31.7 Å². The predicted molar refractivity (Wildman–Crippen MR) is 143 cm³/mol. The average molecular weight is 576 g/mol. The zero-order valence-corrected chi connectivity index (χ0v) is 22.9. The number of fused-ring (bicyclic) bond motifs is 2. The molecule has 12 heteroatoms. The highest BCUT2D eigenvalue weighted by atomic mass is 19.4. The van der Waals surface area contributed by atoms with Crippen LogP contribution >= 0.6 is 0 Å². The summed E-state index contributed by atoms with van der Waals surface area (Å²) in [7, 11) is 0. The number of likely N-dealkylation sites (tertiary alicyclic amines) is 1. The van der Waals surface area contributed by atoms with E-state index in [2.05, 4.69) is 21.3 Å². The molecule has 3 unspecified atom stereocenters. The lowest BCUT2D eigenvalue weighted by atomic mass is 10.1. The van der Waals surface area contributed by atoms with Crippen molar-refractivity contribution >= 4 is 5.91 Å². The van der Waals surface area contributed by atoms with Crippen molar-refractivity contribution in [2.45, 2.75) is 75.7 Å². The Kier molecular flexibility index (Phi) is 8.17. The van der Waals surface area contributed by atoms with Gasteiger partial charge in [0.05, 0.1) is 29.9 Å². The summed E-state index contributed by atoms with van der Waals surface area (Å²) in [6.07, 6.45) is 1.60. The number of ether oxygens (including phenoxy) is 2. The van der Waals surface area contributed by atoms with E-state index in [0.717, 1.165) is 57.1 Å². The first-order valence-electron chi connectivity index (χ1n) is 14.5. The van der Waals surface area contributed by atoms with Gasteiger partial charge in [-0.3, -0.25) is 24.4 Å². The Labute approximate surface area is 236 Å². The van der Waals surface area contributed by atoms with Gasteiger partial charge in [0.1, 0.15) is 6.10 Å². The van der Waals surface area contributed by atoms with Crippen LogP contribution < -0.4 is 10.9 Å². The number of hydrogen-bond acceptors (Lipinski definition) is 7. The normalized spacial score (nSPS) is 27.3. The average Bonchev–Trinajstić information content (AvgIpc) is 3.41. The Balaban J connectivity index is 1.13. The van der Waals surface area contributed by atoms with Crippen LogP contribution in [0, 0.1) is 0 Å². The number of amides is 1. The molecule has 2 fully saturated rings. The molecule has 0 radical (unpaired) electrons. The van der Waals surface area contributed by atoms with Crippen molar-refractivity contribution in [2.75, 3.05) is 39.4 Å². The number of nitrogens with one attached hydrogen (secondary N) is 1. The maximum absolute atomic E-state index is 13.3. The standard InChI is InChI=1S/C29H36F3N5O4/c30-29(31,32)20-13-22-15-35(9-10-37(22)27(39)14-20)18-26(38)34-23-16-36(21-4-2-11-40-12-7-21)17-25(23)41-24-6-5-19-3-1-8-33-28(19)24/h1,3,8,13-14,21,23-25H,2,4-7,9-12,15-18H2,(H,34,38)/t21?,23?,24?,25-/m0/s1. The van der Waals surface area contributed by atoms with Crippen molar-refractivity contribution in [1.29, 1.82) is 0 Å². The summed E-state index contributed by atoms with van der Waals surface area (Å²) in [5.41, 5.74) is 0.807. The summed E-state index contributed by atoms with van der Waals surface area (Å²) in [4.78, 5) is 34.3. The van der Waals surface area contributed by atoms with Crippen molar-refractivity contribution < 1.29 is 27.4 Å². The van der Waals surface area contributed by atoms with Gasteiger partial charge in [0, 0.05) is 69.9 Å². The van der Waals surface area contributed by atoms with Crippen molar-refractivity contribution in [3.63, 3.8) is 0 Å². The van der Waals surface area contributed by atoms with Crippen LogP contribution in [0.15, 0.2) is 35.3 Å². The Morgan fingerprint density at radius 1 is 1.15 bits per heavy atom. The fourth-order valence-corrected chi connectivity index (χ4v) is 6.69. The van der Waals surface area contributed by atoms with Crippen LogP contribution in [0.2, 0.25) is 0 Å². The largest absolute Gasteiger partial charge is 0.416 e. The molecular weight excluding hydrogens is 539 g/mol. The molecule has 2 aromatic heterocycles. The summed E-state index contributed by atoms with van der Waals surface area (Å²) >= 11 is 0. The molecule has 6 rings (SSSR count). The van der Waals surface area contributed by atoms with E-state index in [1.165, 1.54) is 10.1 Å². The van der Waals surface area contributed by atoms with Crippen molar-refractivity contribution in [2.24, 2.45) is 0 Å². The lowest BCUT2D eigenvalue weighted by Gasteiger charge is -2.30. The van der Waals surface area contributed by atoms with Crippen LogP contribution in [0.25, 0.3) is 0 Å². The first-order valence-corrected chi connectivity index (χ1v) is 14.5. The third-order valence-corrected chi connectivity index (χ3v) is 8.76. The number of carbonyl (C=O) groups excluding carboxylic acids is 1. The van der Waals surface area contributed by atoms with E-state index < -0.39 is 17.3 Å². The summed E-state index contributed by atoms with van der Waals surface area (Å²) in [5.74, 6) is -0.206. The maximum atomic E-state index is 13.3. The number of nitrogens with zero attached hydrogens (tertiary/aromatic N) is 4. The highest BCUT2D eigenvalue weighted by Gasteiger charge is 2.41. The number of aromatic nitrogens is 2. The predicted octanol–water partition coefficient (Wildman–Crippen LogP) is 2.52. The van der Waals surface area contributed by atoms with Crippen molar-refractivity contribution in [3.05, 3.63) is 63.3 Å². The SMILES string of the molecule is O=C(CN1CCn2c(cc(C(F)(F)F)cc2=O)C1)NC1CN(C2CCCOCC2)C[C@@H]1OC1CCc2cccnc21. The van der Waals surface area contributed by atoms with Crippen molar-refractivity contribution in [1.82, 2.24) is 24.7 Å². The summed E-state index contributed by atoms with van der Waals surface area (Å²) in [5, 5.41) is 3.18. The van der Waals surface area contributed by atoms with Crippen LogP contribution in [0.3, 0.4) is 0 Å².